The first-order chi connectivity index (χ1) is 13.9. The van der Waals surface area contributed by atoms with Crippen LogP contribution in [-0.4, -0.2) is 71.9 Å². The second-order valence-corrected chi connectivity index (χ2v) is 11.6. The van der Waals surface area contributed by atoms with Gasteiger partial charge in [0.2, 0.25) is 0 Å². The maximum atomic E-state index is 7.00. The molecule has 0 amide bonds. The Kier molecular flexibility index (Phi) is 31.1. The Morgan fingerprint density at radius 1 is 0.676 bits per heavy atom. The fraction of sp³-hybridized carbons (Fsp3) is 1.00. The summed E-state index contributed by atoms with van der Waals surface area (Å²) in [5.74, 6) is 1.70. The van der Waals surface area contributed by atoms with E-state index in [0.29, 0.717) is 6.61 Å². The normalized spacial score (nSPS) is 22.4. The molecule has 2 heterocycles. The van der Waals surface area contributed by atoms with Gasteiger partial charge in [-0.1, -0.05) is 27.7 Å². The fourth-order valence-corrected chi connectivity index (χ4v) is 3.19. The number of aliphatic hydroxyl groups excluding tert-OH is 1. The van der Waals surface area contributed by atoms with Crippen molar-refractivity contribution in [3.8, 4) is 0 Å². The van der Waals surface area contributed by atoms with Gasteiger partial charge in [-0.05, 0) is 95.5 Å². The molecule has 0 aromatic heterocycles. The van der Waals surface area contributed by atoms with Crippen LogP contribution in [0, 0.1) is 11.8 Å². The van der Waals surface area contributed by atoms with Crippen LogP contribution in [0.4, 0.5) is 0 Å². The number of hydrogen-bond acceptors (Lipinski definition) is 5. The van der Waals surface area contributed by atoms with Gasteiger partial charge in [0.05, 0.1) is 29.0 Å². The van der Waals surface area contributed by atoms with E-state index in [0.717, 1.165) is 31.8 Å². The van der Waals surface area contributed by atoms with Gasteiger partial charge >= 0.3 is 0 Å². The molecule has 2 saturated heterocycles. The van der Waals surface area contributed by atoms with Gasteiger partial charge in [-0.3, -0.25) is 0 Å². The first kappa shape index (κ1) is 47.3. The van der Waals surface area contributed by atoms with Gasteiger partial charge in [0.15, 0.2) is 0 Å². The van der Waals surface area contributed by atoms with E-state index in [1.165, 1.54) is 12.8 Å². The van der Waals surface area contributed by atoms with E-state index in [9.17, 15) is 0 Å². The Morgan fingerprint density at radius 3 is 1.09 bits per heavy atom. The van der Waals surface area contributed by atoms with Crippen LogP contribution in [0.15, 0.2) is 0 Å². The molecule has 34 heavy (non-hydrogen) atoms. The zero-order chi connectivity index (χ0) is 25.5. The van der Waals surface area contributed by atoms with Gasteiger partial charge in [0.1, 0.15) is 0 Å². The molecule has 2 aliphatic heterocycles. The number of methoxy groups -OCH3 is 1. The van der Waals surface area contributed by atoms with Crippen LogP contribution in [-0.2, 0) is 18.7 Å². The van der Waals surface area contributed by atoms with E-state index in [1.807, 2.05) is 0 Å². The predicted molar refractivity (Wildman–Crippen MR) is 149 cm³/mol. The van der Waals surface area contributed by atoms with Crippen LogP contribution < -0.4 is 0 Å². The largest absolute Gasteiger partial charge is 0.412 e. The van der Waals surface area contributed by atoms with Crippen molar-refractivity contribution in [3.63, 3.8) is 0 Å². The predicted octanol–water partition coefficient (Wildman–Crippen LogP) is 4.19. The summed E-state index contributed by atoms with van der Waals surface area (Å²) < 4.78 is 20.9. The first-order valence-corrected chi connectivity index (χ1v) is 12.0. The highest BCUT2D eigenvalue weighted by molar-refractivity contribution is 7.09. The minimum absolute atomic E-state index is 0. The van der Waals surface area contributed by atoms with E-state index < -0.39 is 0 Å². The molecule has 2 unspecified atom stereocenters. The molecular formula is C25H63O8P. The lowest BCUT2D eigenvalue weighted by Crippen LogP contribution is -2.33. The molecule has 0 radical (unpaired) electrons. The Balaban J connectivity index is -0.0000000779. The highest BCUT2D eigenvalue weighted by Crippen LogP contribution is 2.37. The lowest BCUT2D eigenvalue weighted by atomic mass is 10.0. The Hall–Kier alpha value is 0.110. The van der Waals surface area contributed by atoms with Crippen LogP contribution in [0.5, 0.6) is 0 Å². The van der Waals surface area contributed by atoms with E-state index in [-0.39, 0.29) is 38.8 Å². The maximum absolute atomic E-state index is 7.00. The van der Waals surface area contributed by atoms with Gasteiger partial charge in [-0.2, -0.15) is 0 Å². The molecule has 0 saturated carbocycles. The molecule has 7 N–H and O–H groups in total. The second-order valence-electron chi connectivity index (χ2n) is 11.1. The number of rotatable bonds is 3. The molecule has 0 aliphatic carbocycles. The van der Waals surface area contributed by atoms with Crippen molar-refractivity contribution < 1.29 is 40.3 Å². The standard InChI is InChI=1S/C9H18O2.C8H16O.C6H14.CH5OP.CH4O.3H2O/c1-8(2)5-6-9(3,11-8)7-10-4;1-7(2)5-6-8(3,4)9-7;1-5(2)6(3)4;1-2-3;1-2;;;/h5-7H2,1-4H3;5-6H2,1-4H3;5-6H,1-4H3;3H2,1H3;2H,1H3;3*1H2. The molecule has 0 aromatic rings. The quantitative estimate of drug-likeness (QED) is 0.551. The molecular weight excluding hydrogens is 459 g/mol. The lowest BCUT2D eigenvalue weighted by Gasteiger charge is -2.27. The van der Waals surface area contributed by atoms with Crippen molar-refractivity contribution in [3.05, 3.63) is 0 Å². The molecule has 2 fully saturated rings. The fourth-order valence-electron chi connectivity index (χ4n) is 3.19. The summed E-state index contributed by atoms with van der Waals surface area (Å²) >= 11 is 0. The van der Waals surface area contributed by atoms with Crippen molar-refractivity contribution >= 4 is 9.47 Å². The number of aliphatic hydroxyl groups is 1. The van der Waals surface area contributed by atoms with Crippen LogP contribution in [0.1, 0.15) is 102 Å². The average Bonchev–Trinajstić information content (AvgIpc) is 3.04. The molecule has 2 atom stereocenters. The van der Waals surface area contributed by atoms with Gasteiger partial charge in [0, 0.05) is 21.3 Å². The van der Waals surface area contributed by atoms with Crippen molar-refractivity contribution in [2.24, 2.45) is 11.8 Å². The lowest BCUT2D eigenvalue weighted by molar-refractivity contribution is -0.105. The van der Waals surface area contributed by atoms with E-state index in [4.69, 9.17) is 19.3 Å². The Bertz CT molecular complexity index is 409. The molecule has 0 aromatic carbocycles. The third-order valence-corrected chi connectivity index (χ3v) is 5.44. The topological polar surface area (TPSA) is 152 Å². The molecule has 2 aliphatic rings. The summed E-state index contributed by atoms with van der Waals surface area (Å²) in [5, 5.41) is 7.00. The highest BCUT2D eigenvalue weighted by Gasteiger charge is 2.40. The summed E-state index contributed by atoms with van der Waals surface area (Å²) in [6, 6.07) is 0. The van der Waals surface area contributed by atoms with Crippen molar-refractivity contribution in [2.75, 3.05) is 27.9 Å². The van der Waals surface area contributed by atoms with E-state index in [2.05, 4.69) is 90.2 Å². The molecule has 2 rings (SSSR count). The Labute approximate surface area is 214 Å². The molecule has 0 spiro atoms. The first-order valence-electron chi connectivity index (χ1n) is 11.5. The van der Waals surface area contributed by atoms with E-state index in [1.54, 1.807) is 14.2 Å². The third kappa shape index (κ3) is 26.7. The summed E-state index contributed by atoms with van der Waals surface area (Å²) in [4.78, 5) is 0. The minimum atomic E-state index is -0.0434. The maximum Gasteiger partial charge on any atom is 0.0895 e. The summed E-state index contributed by atoms with van der Waals surface area (Å²) in [7, 11) is 6.39. The van der Waals surface area contributed by atoms with Gasteiger partial charge < -0.3 is 40.3 Å². The average molecular weight is 523 g/mol. The van der Waals surface area contributed by atoms with Crippen LogP contribution >= 0.6 is 9.47 Å². The van der Waals surface area contributed by atoms with Crippen molar-refractivity contribution in [1.29, 1.82) is 0 Å². The number of hydrogen-bond donors (Lipinski definition) is 1. The highest BCUT2D eigenvalue weighted by atomic mass is 31.0. The minimum Gasteiger partial charge on any atom is -0.412 e. The summed E-state index contributed by atoms with van der Waals surface area (Å²) in [6.07, 6.45) is 4.63. The molecule has 216 valence electrons. The van der Waals surface area contributed by atoms with E-state index >= 15 is 0 Å². The van der Waals surface area contributed by atoms with Crippen molar-refractivity contribution in [2.45, 2.75) is 124 Å². The molecule has 0 bridgehead atoms. The summed E-state index contributed by atoms with van der Waals surface area (Å²) in [5.41, 5.74) is 0.262. The zero-order valence-corrected chi connectivity index (χ0v) is 26.0. The Morgan fingerprint density at radius 2 is 0.941 bits per heavy atom. The second kappa shape index (κ2) is 22.3. The van der Waals surface area contributed by atoms with Gasteiger partial charge in [0.25, 0.3) is 0 Å². The van der Waals surface area contributed by atoms with Crippen LogP contribution in [0.25, 0.3) is 0 Å². The van der Waals surface area contributed by atoms with Crippen molar-refractivity contribution in [1.82, 2.24) is 0 Å². The molecule has 9 heteroatoms. The monoisotopic (exact) mass is 522 g/mol. The molecule has 8 nitrogen and oxygen atoms in total. The zero-order valence-electron chi connectivity index (χ0n) is 24.8. The number of ether oxygens (including phenoxy) is 3. The van der Waals surface area contributed by atoms with Gasteiger partial charge in [-0.15, -0.1) is 0 Å². The smallest absolute Gasteiger partial charge is 0.0895 e. The van der Waals surface area contributed by atoms with Crippen LogP contribution in [0.3, 0.4) is 0 Å². The van der Waals surface area contributed by atoms with Crippen LogP contribution in [0.2, 0.25) is 0 Å². The third-order valence-electron chi connectivity index (χ3n) is 5.44. The van der Waals surface area contributed by atoms with Gasteiger partial charge in [-0.25, -0.2) is 0 Å². The SMILES string of the molecule is CC(C)C(C)C.CC1(C)CCC(C)(C)O1.CO.COCC1(C)CCC(C)(C)O1.COP.O.O.O. The summed E-state index contributed by atoms with van der Waals surface area (Å²) in [6.45, 7) is 24.7.